The van der Waals surface area contributed by atoms with Crippen molar-refractivity contribution < 1.29 is 39.0 Å². The van der Waals surface area contributed by atoms with Gasteiger partial charge < -0.3 is 48.3 Å². The number of nitrogens with zero attached hydrogens (tertiary/aromatic N) is 3. The number of rotatable bonds is 17. The molecular formula is C31H43N11O9S. The lowest BCUT2D eigenvalue weighted by molar-refractivity contribution is -0.141. The number of carbonyl (C=O) groups is 6. The summed E-state index contributed by atoms with van der Waals surface area (Å²) in [6.07, 6.45) is 1.89. The third-order valence-electron chi connectivity index (χ3n) is 6.83. The molecule has 3 rings (SSSR count). The average molecular weight is 746 g/mol. The third kappa shape index (κ3) is 14.2. The number of aromatic amines is 1. The highest BCUT2D eigenvalue weighted by Gasteiger charge is 2.27. The quantitative estimate of drug-likeness (QED) is 0.0718. The second-order valence-corrected chi connectivity index (χ2v) is 11.7. The lowest BCUT2D eigenvalue weighted by atomic mass is 10.1. The van der Waals surface area contributed by atoms with Gasteiger partial charge in [-0.2, -0.15) is 17.6 Å². The highest BCUT2D eigenvalue weighted by atomic mass is 32.1. The van der Waals surface area contributed by atoms with E-state index in [1.165, 1.54) is 13.1 Å². The first-order valence-corrected chi connectivity index (χ1v) is 16.5. The second-order valence-electron chi connectivity index (χ2n) is 11.4. The molecule has 2 aromatic heterocycles. The Labute approximate surface area is 302 Å². The summed E-state index contributed by atoms with van der Waals surface area (Å²) in [6.45, 7) is 5.11. The molecule has 0 saturated carbocycles. The van der Waals surface area contributed by atoms with E-state index in [9.17, 15) is 33.6 Å². The van der Waals surface area contributed by atoms with Gasteiger partial charge in [-0.05, 0) is 44.5 Å². The molecule has 282 valence electrons. The Kier molecular flexibility index (Phi) is 16.9. The number of benzene rings is 1. The highest BCUT2D eigenvalue weighted by Crippen LogP contribution is 2.12. The normalized spacial score (nSPS) is 12.9. The fourth-order valence-electron chi connectivity index (χ4n) is 4.01. The van der Waals surface area contributed by atoms with Crippen molar-refractivity contribution in [2.45, 2.75) is 70.7 Å². The first-order chi connectivity index (χ1) is 24.5. The van der Waals surface area contributed by atoms with Gasteiger partial charge in [0, 0.05) is 36.0 Å². The number of carboxylic acid groups (broad SMARTS) is 2. The van der Waals surface area contributed by atoms with Crippen molar-refractivity contribution in [3.63, 3.8) is 0 Å². The van der Waals surface area contributed by atoms with Gasteiger partial charge in [-0.3, -0.25) is 38.5 Å². The molecular weight excluding hydrogens is 702 g/mol. The number of nitrogens with one attached hydrogen (secondary N) is 6. The number of anilines is 2. The molecule has 0 unspecified atom stereocenters. The van der Waals surface area contributed by atoms with E-state index in [-0.39, 0.29) is 42.2 Å². The lowest BCUT2D eigenvalue weighted by Crippen LogP contribution is -2.55. The minimum atomic E-state index is -1.25. The summed E-state index contributed by atoms with van der Waals surface area (Å²) in [5.41, 5.74) is 12.5. The first kappa shape index (κ1) is 42.3. The number of carboxylic acids is 2. The number of hydrogen-bond donors (Lipinski definition) is 11. The number of nitrogens with two attached hydrogens (primary N) is 2. The Morgan fingerprint density at radius 3 is 2.25 bits per heavy atom. The molecule has 2 heterocycles. The molecule has 0 bridgehead atoms. The van der Waals surface area contributed by atoms with Gasteiger partial charge in [0.1, 0.15) is 18.1 Å². The second kappa shape index (κ2) is 20.7. The Balaban J connectivity index is 0.000000366. The molecule has 0 spiro atoms. The van der Waals surface area contributed by atoms with Gasteiger partial charge in [-0.1, -0.05) is 6.92 Å². The van der Waals surface area contributed by atoms with E-state index in [1.54, 1.807) is 31.2 Å². The zero-order valence-electron chi connectivity index (χ0n) is 28.6. The van der Waals surface area contributed by atoms with Crippen molar-refractivity contribution in [1.29, 1.82) is 0 Å². The maximum atomic E-state index is 12.0. The minimum absolute atomic E-state index is 0.0282. The van der Waals surface area contributed by atoms with Crippen molar-refractivity contribution in [1.82, 2.24) is 41.2 Å². The first-order valence-electron chi connectivity index (χ1n) is 15.9. The van der Waals surface area contributed by atoms with E-state index in [1.807, 2.05) is 6.92 Å². The Hall–Kier alpha value is -5.83. The number of H-pyrrole nitrogens is 1. The molecule has 4 atom stereocenters. The topological polar surface area (TPSA) is 327 Å². The van der Waals surface area contributed by atoms with Crippen LogP contribution in [-0.4, -0.2) is 102 Å². The highest BCUT2D eigenvalue weighted by molar-refractivity contribution is 7.80. The van der Waals surface area contributed by atoms with Crippen LogP contribution in [0.4, 0.5) is 11.6 Å². The zero-order valence-corrected chi connectivity index (χ0v) is 29.5. The van der Waals surface area contributed by atoms with Crippen LogP contribution in [0.25, 0.3) is 11.2 Å². The molecule has 0 aliphatic heterocycles. The van der Waals surface area contributed by atoms with E-state index < -0.39 is 59.8 Å². The van der Waals surface area contributed by atoms with Crippen LogP contribution < -0.4 is 43.6 Å². The van der Waals surface area contributed by atoms with Crippen LogP contribution in [0.5, 0.6) is 0 Å². The number of fused-ring (bicyclic) bond motifs is 1. The minimum Gasteiger partial charge on any atom is -0.481 e. The molecule has 0 aliphatic carbocycles. The molecule has 12 N–H and O–H groups in total. The van der Waals surface area contributed by atoms with Gasteiger partial charge in [0.05, 0.1) is 24.9 Å². The van der Waals surface area contributed by atoms with E-state index in [4.69, 9.17) is 21.7 Å². The fourth-order valence-corrected chi connectivity index (χ4v) is 4.10. The number of thiol groups is 1. The number of hydrogen-bond acceptors (Lipinski definition) is 14. The summed E-state index contributed by atoms with van der Waals surface area (Å²) < 4.78 is 0. The summed E-state index contributed by atoms with van der Waals surface area (Å²) >= 11 is 4.02. The van der Waals surface area contributed by atoms with Crippen molar-refractivity contribution in [2.24, 2.45) is 5.73 Å². The maximum absolute atomic E-state index is 12.0. The fraction of sp³-hybridized carbons (Fsp3) is 0.419. The predicted molar refractivity (Wildman–Crippen MR) is 192 cm³/mol. The zero-order chi connectivity index (χ0) is 39.0. The van der Waals surface area contributed by atoms with Gasteiger partial charge in [0.15, 0.2) is 11.2 Å². The largest absolute Gasteiger partial charge is 0.481 e. The smallest absolute Gasteiger partial charge is 0.325 e. The molecule has 0 aliphatic rings. The van der Waals surface area contributed by atoms with Gasteiger partial charge >= 0.3 is 11.9 Å². The van der Waals surface area contributed by atoms with Crippen molar-refractivity contribution >= 4 is 71.0 Å². The standard InChI is InChI=1S/C17H17N7O4.C14H26N4O5S/c1-8(16(27)28)21-14(25)9-2-4-10(5-3-9)19-6-11-7-20-13-12(22-11)15(26)24-17(18)23-13;1-3-4-11(19)16-6-9(15)13(22)18-10(5-12(20)21)14(23)17-8(2)7-24/h2-5,7-8,19H,6H2,1H3,(H,21,25)(H,27,28)(H3,18,20,23,24,26);8-10,24H,3-7,15H2,1-2H3,(H,16,19)(H,17,23)(H,18,22)(H,20,21)/t8-;8-,9+,10+/m10/s1. The Morgan fingerprint density at radius 2 is 1.65 bits per heavy atom. The van der Waals surface area contributed by atoms with Crippen LogP contribution in [0, 0.1) is 0 Å². The predicted octanol–water partition coefficient (Wildman–Crippen LogP) is -1.27. The molecule has 0 fully saturated rings. The lowest BCUT2D eigenvalue weighted by Gasteiger charge is -2.21. The number of nitrogen functional groups attached to an aromatic ring is 1. The van der Waals surface area contributed by atoms with Crippen LogP contribution in [0.1, 0.15) is 56.1 Å². The monoisotopic (exact) mass is 745 g/mol. The third-order valence-corrected chi connectivity index (χ3v) is 7.38. The van der Waals surface area contributed by atoms with Crippen LogP contribution in [0.2, 0.25) is 0 Å². The number of carbonyl (C=O) groups excluding carboxylic acids is 4. The maximum Gasteiger partial charge on any atom is 0.325 e. The van der Waals surface area contributed by atoms with Gasteiger partial charge in [-0.25, -0.2) is 9.97 Å². The van der Waals surface area contributed by atoms with Crippen molar-refractivity contribution in [2.75, 3.05) is 23.3 Å². The van der Waals surface area contributed by atoms with Gasteiger partial charge in [0.25, 0.3) is 11.5 Å². The van der Waals surface area contributed by atoms with E-state index >= 15 is 0 Å². The van der Waals surface area contributed by atoms with Crippen LogP contribution in [-0.2, 0) is 30.5 Å². The van der Waals surface area contributed by atoms with Crippen molar-refractivity contribution in [3.8, 4) is 0 Å². The summed E-state index contributed by atoms with van der Waals surface area (Å²) in [7, 11) is 0. The van der Waals surface area contributed by atoms with Crippen LogP contribution in [0.15, 0.2) is 35.3 Å². The van der Waals surface area contributed by atoms with E-state index in [2.05, 4.69) is 59.1 Å². The molecule has 3 aromatic rings. The van der Waals surface area contributed by atoms with E-state index in [0.717, 1.165) is 0 Å². The number of amides is 4. The summed E-state index contributed by atoms with van der Waals surface area (Å²) in [6, 6.07) is 2.87. The van der Waals surface area contributed by atoms with Gasteiger partial charge in [0.2, 0.25) is 23.7 Å². The SMILES string of the molecule is CCCC(=O)NC[C@@H](N)C(=O)N[C@H](CC(=O)O)C(=O)N[C@@H](C)CS.C[C@@H](NC(=O)c1ccc(NCc2cnc3nc(N)[nH]c(=O)c3n2)cc1)C(=O)O. The molecule has 20 nitrogen and oxygen atoms in total. The van der Waals surface area contributed by atoms with Crippen molar-refractivity contribution in [3.05, 3.63) is 52.1 Å². The Morgan fingerprint density at radius 1 is 0.981 bits per heavy atom. The molecule has 4 amide bonds. The van der Waals surface area contributed by atoms with Gasteiger partial charge in [-0.15, -0.1) is 0 Å². The summed E-state index contributed by atoms with van der Waals surface area (Å²) in [5.74, 6) is -4.07. The molecule has 0 saturated heterocycles. The van der Waals surface area contributed by atoms with Crippen LogP contribution >= 0.6 is 12.6 Å². The summed E-state index contributed by atoms with van der Waals surface area (Å²) in [5, 5.41) is 30.5. The van der Waals surface area contributed by atoms with E-state index in [0.29, 0.717) is 35.5 Å². The molecule has 52 heavy (non-hydrogen) atoms. The Bertz CT molecular complexity index is 1790. The molecule has 1 aromatic carbocycles. The average Bonchev–Trinajstić information content (AvgIpc) is 3.09. The number of aromatic nitrogens is 4. The van der Waals surface area contributed by atoms with Crippen LogP contribution in [0.3, 0.4) is 0 Å². The summed E-state index contributed by atoms with van der Waals surface area (Å²) in [4.78, 5) is 95.4. The molecule has 21 heteroatoms. The molecule has 0 radical (unpaired) electrons. The number of aliphatic carboxylic acids is 2.